The van der Waals surface area contributed by atoms with Crippen molar-refractivity contribution >= 4 is 34.8 Å². The molecule has 0 saturated carbocycles. The summed E-state index contributed by atoms with van der Waals surface area (Å²) in [7, 11) is 0. The van der Waals surface area contributed by atoms with E-state index in [1.165, 1.54) is 0 Å². The predicted octanol–water partition coefficient (Wildman–Crippen LogP) is 5.07. The molecule has 2 rings (SSSR count). The van der Waals surface area contributed by atoms with Gasteiger partial charge in [-0.05, 0) is 54.7 Å². The Bertz CT molecular complexity index is 611. The number of hydrogen-bond acceptors (Lipinski definition) is 1. The van der Waals surface area contributed by atoms with Gasteiger partial charge in [-0.25, -0.2) is 0 Å². The van der Waals surface area contributed by atoms with Crippen LogP contribution in [0.5, 0.6) is 0 Å². The van der Waals surface area contributed by atoms with Crippen molar-refractivity contribution in [3.05, 3.63) is 68.2 Å². The van der Waals surface area contributed by atoms with Gasteiger partial charge in [0.25, 0.3) is 0 Å². The minimum absolute atomic E-state index is 0.00699. The summed E-state index contributed by atoms with van der Waals surface area (Å²) in [5.74, 6) is 0. The molecular weight excluding hydrogens is 313 g/mol. The molecule has 0 aliphatic carbocycles. The van der Waals surface area contributed by atoms with Gasteiger partial charge in [0.1, 0.15) is 0 Å². The molecule has 0 spiro atoms. The van der Waals surface area contributed by atoms with Crippen molar-refractivity contribution in [1.29, 1.82) is 0 Å². The number of rotatable bonds is 4. The third-order valence-electron chi connectivity index (χ3n) is 3.17. The van der Waals surface area contributed by atoms with E-state index >= 15 is 0 Å². The monoisotopic (exact) mass is 327 g/mol. The van der Waals surface area contributed by atoms with Crippen LogP contribution in [-0.4, -0.2) is 6.04 Å². The summed E-state index contributed by atoms with van der Waals surface area (Å²) < 4.78 is 0. The maximum absolute atomic E-state index is 6.23. The first-order valence-electron chi connectivity index (χ1n) is 6.40. The van der Waals surface area contributed by atoms with Gasteiger partial charge in [0, 0.05) is 11.1 Å². The third-order valence-corrected chi connectivity index (χ3v) is 4.26. The fourth-order valence-corrected chi connectivity index (χ4v) is 2.77. The zero-order valence-electron chi connectivity index (χ0n) is 11.2. The summed E-state index contributed by atoms with van der Waals surface area (Å²) in [5.41, 5.74) is 9.50. The van der Waals surface area contributed by atoms with Gasteiger partial charge in [0.15, 0.2) is 0 Å². The predicted molar refractivity (Wildman–Crippen MR) is 88.0 cm³/mol. The molecule has 0 aliphatic heterocycles. The van der Waals surface area contributed by atoms with E-state index < -0.39 is 0 Å². The lowest BCUT2D eigenvalue weighted by Gasteiger charge is -2.14. The maximum Gasteiger partial charge on any atom is 0.0595 e. The molecule has 1 atom stereocenters. The van der Waals surface area contributed by atoms with Gasteiger partial charge in [-0.1, -0.05) is 53.0 Å². The van der Waals surface area contributed by atoms with E-state index in [0.29, 0.717) is 10.0 Å². The molecule has 0 amide bonds. The first-order valence-corrected chi connectivity index (χ1v) is 7.53. The Morgan fingerprint density at radius 1 is 0.900 bits per heavy atom. The maximum atomic E-state index is 6.23. The number of benzene rings is 2. The minimum Gasteiger partial charge on any atom is -0.327 e. The van der Waals surface area contributed by atoms with Crippen LogP contribution in [-0.2, 0) is 12.8 Å². The van der Waals surface area contributed by atoms with Crippen LogP contribution in [0.15, 0.2) is 36.4 Å². The van der Waals surface area contributed by atoms with Crippen molar-refractivity contribution < 1.29 is 0 Å². The smallest absolute Gasteiger partial charge is 0.0595 e. The van der Waals surface area contributed by atoms with Crippen LogP contribution < -0.4 is 5.73 Å². The standard InChI is InChI=1S/C16H16Cl3N/c1-10-2-4-12(15(18)6-10)9-13(20)7-11-3-5-14(17)16(19)8-11/h2-6,8,13H,7,9,20H2,1H3. The van der Waals surface area contributed by atoms with E-state index in [0.717, 1.165) is 34.6 Å². The molecule has 0 fully saturated rings. The Morgan fingerprint density at radius 3 is 2.30 bits per heavy atom. The average Bonchev–Trinajstić information content (AvgIpc) is 2.37. The lowest BCUT2D eigenvalue weighted by Crippen LogP contribution is -2.25. The lowest BCUT2D eigenvalue weighted by molar-refractivity contribution is 0.665. The molecule has 0 radical (unpaired) electrons. The summed E-state index contributed by atoms with van der Waals surface area (Å²) in [5, 5.41) is 1.89. The molecule has 0 heterocycles. The molecule has 2 N–H and O–H groups in total. The Balaban J connectivity index is 2.04. The van der Waals surface area contributed by atoms with Gasteiger partial charge in [-0.15, -0.1) is 0 Å². The SMILES string of the molecule is Cc1ccc(CC(N)Cc2ccc(Cl)c(Cl)c2)c(Cl)c1. The van der Waals surface area contributed by atoms with Crippen LogP contribution in [0.2, 0.25) is 15.1 Å². The van der Waals surface area contributed by atoms with Crippen molar-refractivity contribution in [2.24, 2.45) is 5.73 Å². The highest BCUT2D eigenvalue weighted by atomic mass is 35.5. The zero-order valence-corrected chi connectivity index (χ0v) is 13.4. The largest absolute Gasteiger partial charge is 0.327 e. The van der Waals surface area contributed by atoms with Gasteiger partial charge < -0.3 is 5.73 Å². The molecule has 0 saturated heterocycles. The van der Waals surface area contributed by atoms with Crippen molar-refractivity contribution in [3.8, 4) is 0 Å². The summed E-state index contributed by atoms with van der Waals surface area (Å²) in [6.45, 7) is 2.02. The van der Waals surface area contributed by atoms with E-state index in [1.807, 2.05) is 37.3 Å². The van der Waals surface area contributed by atoms with Crippen molar-refractivity contribution in [2.45, 2.75) is 25.8 Å². The quantitative estimate of drug-likeness (QED) is 0.833. The van der Waals surface area contributed by atoms with Crippen LogP contribution >= 0.6 is 34.8 Å². The summed E-state index contributed by atoms with van der Waals surface area (Å²) in [4.78, 5) is 0. The highest BCUT2D eigenvalue weighted by molar-refractivity contribution is 6.42. The summed E-state index contributed by atoms with van der Waals surface area (Å²) in [6, 6.07) is 11.6. The molecule has 106 valence electrons. The van der Waals surface area contributed by atoms with Crippen LogP contribution in [0, 0.1) is 6.92 Å². The number of nitrogens with two attached hydrogens (primary N) is 1. The van der Waals surface area contributed by atoms with E-state index in [1.54, 1.807) is 6.07 Å². The van der Waals surface area contributed by atoms with Crippen LogP contribution in [0.25, 0.3) is 0 Å². The molecule has 1 unspecified atom stereocenters. The van der Waals surface area contributed by atoms with Gasteiger partial charge in [0.2, 0.25) is 0 Å². The second kappa shape index (κ2) is 6.82. The highest BCUT2D eigenvalue weighted by Gasteiger charge is 2.09. The van der Waals surface area contributed by atoms with Gasteiger partial charge in [-0.3, -0.25) is 0 Å². The molecule has 0 aliphatic rings. The average molecular weight is 329 g/mol. The van der Waals surface area contributed by atoms with Gasteiger partial charge in [0.05, 0.1) is 10.0 Å². The first-order chi connectivity index (χ1) is 9.45. The van der Waals surface area contributed by atoms with Gasteiger partial charge >= 0.3 is 0 Å². The molecule has 0 aromatic heterocycles. The van der Waals surface area contributed by atoms with E-state index in [2.05, 4.69) is 0 Å². The number of halogens is 3. The minimum atomic E-state index is -0.00699. The van der Waals surface area contributed by atoms with Crippen LogP contribution in [0.4, 0.5) is 0 Å². The number of aryl methyl sites for hydroxylation is 1. The topological polar surface area (TPSA) is 26.0 Å². The van der Waals surface area contributed by atoms with Crippen molar-refractivity contribution in [3.63, 3.8) is 0 Å². The second-order valence-corrected chi connectivity index (χ2v) is 6.23. The summed E-state index contributed by atoms with van der Waals surface area (Å²) >= 11 is 18.1. The van der Waals surface area contributed by atoms with Crippen molar-refractivity contribution in [2.75, 3.05) is 0 Å². The Kier molecular flexibility index (Phi) is 5.34. The molecular formula is C16H16Cl3N. The molecule has 2 aromatic rings. The Morgan fingerprint density at radius 2 is 1.65 bits per heavy atom. The molecule has 20 heavy (non-hydrogen) atoms. The Labute approximate surface area is 134 Å². The fourth-order valence-electron chi connectivity index (χ4n) is 2.14. The molecule has 4 heteroatoms. The van der Waals surface area contributed by atoms with Crippen LogP contribution in [0.1, 0.15) is 16.7 Å². The second-order valence-electron chi connectivity index (χ2n) is 5.01. The summed E-state index contributed by atoms with van der Waals surface area (Å²) in [6.07, 6.45) is 1.47. The van der Waals surface area contributed by atoms with Crippen LogP contribution in [0.3, 0.4) is 0 Å². The number of hydrogen-bond donors (Lipinski definition) is 1. The van der Waals surface area contributed by atoms with E-state index in [-0.39, 0.29) is 6.04 Å². The third kappa shape index (κ3) is 4.13. The molecule has 0 bridgehead atoms. The molecule has 1 nitrogen and oxygen atoms in total. The lowest BCUT2D eigenvalue weighted by atomic mass is 9.99. The first kappa shape index (κ1) is 15.7. The van der Waals surface area contributed by atoms with Gasteiger partial charge in [-0.2, -0.15) is 0 Å². The molecule has 2 aromatic carbocycles. The van der Waals surface area contributed by atoms with E-state index in [4.69, 9.17) is 40.5 Å². The zero-order chi connectivity index (χ0) is 14.7. The van der Waals surface area contributed by atoms with E-state index in [9.17, 15) is 0 Å². The van der Waals surface area contributed by atoms with Crippen molar-refractivity contribution in [1.82, 2.24) is 0 Å². The highest BCUT2D eigenvalue weighted by Crippen LogP contribution is 2.24. The Hall–Kier alpha value is -0.730. The fraction of sp³-hybridized carbons (Fsp3) is 0.250. The normalized spacial score (nSPS) is 12.4.